The molecule has 7 rings (SSSR count). The molecule has 45 heavy (non-hydrogen) atoms. The van der Waals surface area contributed by atoms with E-state index in [1.54, 1.807) is 0 Å². The van der Waals surface area contributed by atoms with Gasteiger partial charge in [-0.15, -0.1) is 0 Å². The minimum atomic E-state index is -1.18. The highest BCUT2D eigenvalue weighted by molar-refractivity contribution is 5.98. The van der Waals surface area contributed by atoms with Crippen LogP contribution in [0.5, 0.6) is 0 Å². The van der Waals surface area contributed by atoms with Gasteiger partial charge >= 0.3 is 0 Å². The maximum atomic E-state index is 15.6. The molecule has 0 unspecified atom stereocenters. The van der Waals surface area contributed by atoms with E-state index in [1.165, 1.54) is 12.1 Å². The molecule has 3 aliphatic rings. The number of alkyl halides is 1. The number of aromatic nitrogens is 4. The van der Waals surface area contributed by atoms with Crippen LogP contribution in [0.4, 0.5) is 8.78 Å². The Morgan fingerprint density at radius 2 is 1.91 bits per heavy atom. The Balaban J connectivity index is 1.30. The van der Waals surface area contributed by atoms with Gasteiger partial charge in [-0.05, 0) is 69.8 Å². The van der Waals surface area contributed by atoms with Gasteiger partial charge in [0, 0.05) is 36.0 Å². The molecule has 4 aromatic rings. The number of aryl methyl sites for hydroxylation is 1. The zero-order valence-corrected chi connectivity index (χ0v) is 26.1. The first-order valence-corrected chi connectivity index (χ1v) is 16.3. The molecule has 1 aromatic carbocycles. The SMILES string of the molecule is C[C@H]1NC(=O)C(C)(C)CCCCCn2c(-c3nc4cc(C(=O)N[C@H]5CNCC[C@@H]5F)c(F)cc4n3C3CC3)cc3ccc1nc32. The van der Waals surface area contributed by atoms with Gasteiger partial charge in [-0.25, -0.2) is 18.7 Å². The van der Waals surface area contributed by atoms with Crippen molar-refractivity contribution in [2.24, 2.45) is 5.41 Å². The summed E-state index contributed by atoms with van der Waals surface area (Å²) in [6, 6.07) is 8.21. The van der Waals surface area contributed by atoms with Crippen LogP contribution in [-0.2, 0) is 11.3 Å². The molecule has 3 aromatic heterocycles. The van der Waals surface area contributed by atoms with Crippen LogP contribution in [0, 0.1) is 11.2 Å². The number of rotatable bonds is 4. The molecule has 2 bridgehead atoms. The van der Waals surface area contributed by atoms with Gasteiger partial charge in [-0.2, -0.15) is 0 Å². The van der Waals surface area contributed by atoms with E-state index < -0.39 is 29.4 Å². The fourth-order valence-corrected chi connectivity index (χ4v) is 6.77. The quantitative estimate of drug-likeness (QED) is 0.271. The molecule has 5 heterocycles. The van der Waals surface area contributed by atoms with Gasteiger partial charge < -0.3 is 25.1 Å². The largest absolute Gasteiger partial charge is 0.348 e. The third-order valence-corrected chi connectivity index (χ3v) is 9.73. The highest BCUT2D eigenvalue weighted by Gasteiger charge is 2.33. The van der Waals surface area contributed by atoms with Gasteiger partial charge in [-0.1, -0.05) is 26.7 Å². The lowest BCUT2D eigenvalue weighted by molar-refractivity contribution is -0.130. The molecule has 1 aliphatic carbocycles. The number of benzene rings is 1. The van der Waals surface area contributed by atoms with Crippen molar-refractivity contribution in [2.75, 3.05) is 13.1 Å². The number of fused-ring (bicyclic) bond motifs is 2. The predicted molar refractivity (Wildman–Crippen MR) is 169 cm³/mol. The molecule has 3 atom stereocenters. The zero-order chi connectivity index (χ0) is 31.5. The number of carbonyl (C=O) groups excluding carboxylic acids is 2. The van der Waals surface area contributed by atoms with Crippen LogP contribution in [0.25, 0.3) is 33.6 Å². The summed E-state index contributed by atoms with van der Waals surface area (Å²) < 4.78 is 34.3. The molecule has 0 spiro atoms. The summed E-state index contributed by atoms with van der Waals surface area (Å²) in [7, 11) is 0. The van der Waals surface area contributed by atoms with Gasteiger partial charge in [0.15, 0.2) is 5.82 Å². The Morgan fingerprint density at radius 1 is 1.09 bits per heavy atom. The molecule has 1 saturated heterocycles. The second kappa shape index (κ2) is 11.5. The number of pyridine rings is 1. The van der Waals surface area contributed by atoms with Crippen molar-refractivity contribution in [1.29, 1.82) is 0 Å². The monoisotopic (exact) mass is 617 g/mol. The number of amides is 2. The number of halogens is 2. The molecule has 3 N–H and O–H groups in total. The van der Waals surface area contributed by atoms with Crippen LogP contribution in [-0.4, -0.2) is 56.2 Å². The number of imidazole rings is 1. The van der Waals surface area contributed by atoms with Crippen LogP contribution >= 0.6 is 0 Å². The van der Waals surface area contributed by atoms with Crippen LogP contribution in [0.15, 0.2) is 30.3 Å². The average Bonchev–Trinajstić information content (AvgIpc) is 3.69. The second-order valence-corrected chi connectivity index (χ2v) is 13.7. The normalized spacial score (nSPS) is 24.2. The summed E-state index contributed by atoms with van der Waals surface area (Å²) in [4.78, 5) is 36.3. The summed E-state index contributed by atoms with van der Waals surface area (Å²) in [5.41, 5.74) is 3.07. The van der Waals surface area contributed by atoms with Gasteiger partial charge in [0.25, 0.3) is 5.91 Å². The Bertz CT molecular complexity index is 1790. The zero-order valence-electron chi connectivity index (χ0n) is 26.1. The first-order valence-electron chi connectivity index (χ1n) is 16.3. The van der Waals surface area contributed by atoms with Crippen LogP contribution in [0.2, 0.25) is 0 Å². The maximum absolute atomic E-state index is 15.6. The smallest absolute Gasteiger partial charge is 0.254 e. The first-order chi connectivity index (χ1) is 21.6. The van der Waals surface area contributed by atoms with Gasteiger partial charge in [0.2, 0.25) is 5.91 Å². The highest BCUT2D eigenvalue weighted by Crippen LogP contribution is 2.43. The van der Waals surface area contributed by atoms with E-state index in [0.717, 1.165) is 73.3 Å². The predicted octanol–water partition coefficient (Wildman–Crippen LogP) is 5.73. The standard InChI is InChI=1S/C34H41F2N7O2/c1-19-25-10-7-20-15-29(42(30(20)39-25)14-6-4-5-12-34(2,3)33(45)38-19)31-40-26-16-22(24(36)17-28(26)43(31)21-8-9-21)32(44)41-27-18-37-13-11-23(27)35/h7,10,15-17,19,21,23,27,37H,4-6,8-9,11-14,18H2,1-3H3,(H,38,45)(H,41,44)/t19-,23+,27+/m1/s1. The van der Waals surface area contributed by atoms with Gasteiger partial charge in [0.1, 0.15) is 17.6 Å². The fraction of sp³-hybridized carbons (Fsp3) is 0.529. The second-order valence-electron chi connectivity index (χ2n) is 13.7. The summed E-state index contributed by atoms with van der Waals surface area (Å²) in [5.74, 6) is -0.536. The molecule has 0 radical (unpaired) electrons. The van der Waals surface area contributed by atoms with Gasteiger partial charge in [0.05, 0.1) is 40.1 Å². The average molecular weight is 618 g/mol. The number of hydrogen-bond acceptors (Lipinski definition) is 5. The number of hydrogen-bond donors (Lipinski definition) is 3. The third kappa shape index (κ3) is 5.60. The minimum absolute atomic E-state index is 0.0329. The molecular formula is C34H41F2N7O2. The van der Waals surface area contributed by atoms with Crippen molar-refractivity contribution in [3.05, 3.63) is 47.4 Å². The van der Waals surface area contributed by atoms with Crippen molar-refractivity contribution in [3.8, 4) is 11.5 Å². The van der Waals surface area contributed by atoms with E-state index >= 15 is 4.39 Å². The van der Waals surface area contributed by atoms with Gasteiger partial charge in [-0.3, -0.25) is 9.59 Å². The van der Waals surface area contributed by atoms with E-state index in [0.29, 0.717) is 30.5 Å². The first kappa shape index (κ1) is 29.8. The molecule has 9 nitrogen and oxygen atoms in total. The minimum Gasteiger partial charge on any atom is -0.348 e. The number of carbonyl (C=O) groups is 2. The van der Waals surface area contributed by atoms with Crippen molar-refractivity contribution >= 4 is 33.9 Å². The molecular weight excluding hydrogens is 576 g/mol. The van der Waals surface area contributed by atoms with Crippen LogP contribution in [0.3, 0.4) is 0 Å². The molecule has 11 heteroatoms. The Labute approximate surface area is 261 Å². The van der Waals surface area contributed by atoms with Crippen molar-refractivity contribution in [2.45, 2.75) is 96.6 Å². The summed E-state index contributed by atoms with van der Waals surface area (Å²) in [5, 5.41) is 9.89. The Kier molecular flexibility index (Phi) is 7.62. The molecule has 2 amide bonds. The lowest BCUT2D eigenvalue weighted by atomic mass is 9.85. The molecule has 238 valence electrons. The van der Waals surface area contributed by atoms with E-state index in [1.807, 2.05) is 32.9 Å². The van der Waals surface area contributed by atoms with Crippen LogP contribution in [0.1, 0.15) is 93.9 Å². The highest BCUT2D eigenvalue weighted by atomic mass is 19.1. The van der Waals surface area contributed by atoms with Crippen molar-refractivity contribution in [3.63, 3.8) is 0 Å². The summed E-state index contributed by atoms with van der Waals surface area (Å²) in [6.45, 7) is 7.54. The molecule has 2 aliphatic heterocycles. The Morgan fingerprint density at radius 3 is 2.69 bits per heavy atom. The topological polar surface area (TPSA) is 106 Å². The van der Waals surface area contributed by atoms with Crippen molar-refractivity contribution in [1.82, 2.24) is 35.1 Å². The van der Waals surface area contributed by atoms with E-state index in [9.17, 15) is 14.0 Å². The Hall–Kier alpha value is -3.86. The molecule has 2 fully saturated rings. The fourth-order valence-electron chi connectivity index (χ4n) is 6.77. The summed E-state index contributed by atoms with van der Waals surface area (Å²) in [6.07, 6.45) is 4.65. The maximum Gasteiger partial charge on any atom is 0.254 e. The number of nitrogens with zero attached hydrogens (tertiary/aromatic N) is 4. The lowest BCUT2D eigenvalue weighted by Gasteiger charge is -2.27. The summed E-state index contributed by atoms with van der Waals surface area (Å²) >= 11 is 0. The van der Waals surface area contributed by atoms with E-state index in [2.05, 4.69) is 31.2 Å². The third-order valence-electron chi connectivity index (χ3n) is 9.73. The van der Waals surface area contributed by atoms with E-state index in [4.69, 9.17) is 9.97 Å². The van der Waals surface area contributed by atoms with Crippen LogP contribution < -0.4 is 16.0 Å². The lowest BCUT2D eigenvalue weighted by Crippen LogP contribution is -2.52. The van der Waals surface area contributed by atoms with Crippen molar-refractivity contribution < 1.29 is 18.4 Å². The van der Waals surface area contributed by atoms with E-state index in [-0.39, 0.29) is 23.6 Å². The molecule has 1 saturated carbocycles. The number of nitrogens with one attached hydrogen (secondary N) is 3. The number of piperidine rings is 1.